The monoisotopic (exact) mass is 179 g/mol. The second-order valence-electron chi connectivity index (χ2n) is 2.66. The van der Waals surface area contributed by atoms with Crippen molar-refractivity contribution in [2.45, 2.75) is 26.8 Å². The van der Waals surface area contributed by atoms with Gasteiger partial charge in [0.15, 0.2) is 9.84 Å². The lowest BCUT2D eigenvalue weighted by Gasteiger charge is -2.10. The second-order valence-corrected chi connectivity index (χ2v) is 5.06. The average Bonchev–Trinajstić information content (AvgIpc) is 1.87. The molecule has 0 aliphatic carbocycles. The van der Waals surface area contributed by atoms with Crippen molar-refractivity contribution >= 4 is 9.84 Å². The number of sulfone groups is 1. The van der Waals surface area contributed by atoms with Crippen LogP contribution in [0.5, 0.6) is 0 Å². The Morgan fingerprint density at radius 3 is 2.27 bits per heavy atom. The summed E-state index contributed by atoms with van der Waals surface area (Å²) >= 11 is 0. The van der Waals surface area contributed by atoms with Crippen molar-refractivity contribution in [3.63, 3.8) is 0 Å². The predicted molar refractivity (Wildman–Crippen MR) is 47.5 cm³/mol. The minimum atomic E-state index is -2.80. The van der Waals surface area contributed by atoms with Crippen LogP contribution in [0.1, 0.15) is 20.8 Å². The van der Waals surface area contributed by atoms with E-state index in [2.05, 4.69) is 5.32 Å². The molecule has 0 saturated heterocycles. The molecule has 0 aromatic carbocycles. The van der Waals surface area contributed by atoms with Crippen molar-refractivity contribution in [1.29, 1.82) is 0 Å². The summed E-state index contributed by atoms with van der Waals surface area (Å²) in [4.78, 5) is 0. The summed E-state index contributed by atoms with van der Waals surface area (Å²) in [6, 6.07) is 0.0740. The van der Waals surface area contributed by atoms with Crippen LogP contribution in [0.25, 0.3) is 0 Å². The standard InChI is InChI=1S/C7H17NO2S/c1-4-8-7(3)6-11(9,10)5-2/h7-8H,4-6H2,1-3H3/t7-/m1/s1. The molecule has 0 radical (unpaired) electrons. The lowest BCUT2D eigenvalue weighted by Crippen LogP contribution is -2.33. The highest BCUT2D eigenvalue weighted by Gasteiger charge is 2.11. The quantitative estimate of drug-likeness (QED) is 0.665. The fourth-order valence-electron chi connectivity index (χ4n) is 0.906. The molecule has 1 N–H and O–H groups in total. The van der Waals surface area contributed by atoms with Gasteiger partial charge in [0.05, 0.1) is 5.75 Å². The molecule has 0 rings (SSSR count). The first-order valence-electron chi connectivity index (χ1n) is 3.95. The largest absolute Gasteiger partial charge is 0.314 e. The van der Waals surface area contributed by atoms with E-state index in [0.717, 1.165) is 6.54 Å². The Kier molecular flexibility index (Phi) is 4.68. The van der Waals surface area contributed by atoms with Crippen molar-refractivity contribution in [3.8, 4) is 0 Å². The molecule has 0 spiro atoms. The van der Waals surface area contributed by atoms with Gasteiger partial charge in [-0.3, -0.25) is 0 Å². The summed E-state index contributed by atoms with van der Waals surface area (Å²) in [5.41, 5.74) is 0. The summed E-state index contributed by atoms with van der Waals surface area (Å²) in [6.45, 7) is 6.35. The highest BCUT2D eigenvalue weighted by molar-refractivity contribution is 7.91. The highest BCUT2D eigenvalue weighted by Crippen LogP contribution is 1.93. The molecule has 4 heteroatoms. The molecule has 0 heterocycles. The third-order valence-corrected chi connectivity index (χ3v) is 3.38. The Morgan fingerprint density at radius 2 is 1.91 bits per heavy atom. The molecule has 0 aromatic rings. The van der Waals surface area contributed by atoms with Crippen LogP contribution in [0.15, 0.2) is 0 Å². The average molecular weight is 179 g/mol. The Balaban J connectivity index is 3.84. The van der Waals surface area contributed by atoms with Crippen molar-refractivity contribution < 1.29 is 8.42 Å². The molecule has 11 heavy (non-hydrogen) atoms. The van der Waals surface area contributed by atoms with Crippen LogP contribution in [0.3, 0.4) is 0 Å². The van der Waals surface area contributed by atoms with Crippen LogP contribution >= 0.6 is 0 Å². The number of nitrogens with one attached hydrogen (secondary N) is 1. The van der Waals surface area contributed by atoms with E-state index in [1.54, 1.807) is 6.92 Å². The van der Waals surface area contributed by atoms with Crippen LogP contribution < -0.4 is 5.32 Å². The van der Waals surface area contributed by atoms with E-state index in [-0.39, 0.29) is 17.5 Å². The molecule has 0 bridgehead atoms. The third-order valence-electron chi connectivity index (χ3n) is 1.50. The summed E-state index contributed by atoms with van der Waals surface area (Å²) in [6.07, 6.45) is 0. The minimum Gasteiger partial charge on any atom is -0.314 e. The normalized spacial score (nSPS) is 14.8. The maximum absolute atomic E-state index is 11.0. The number of hydrogen-bond donors (Lipinski definition) is 1. The summed E-state index contributed by atoms with van der Waals surface area (Å²) in [5, 5.41) is 3.06. The van der Waals surface area contributed by atoms with Crippen LogP contribution in [0.4, 0.5) is 0 Å². The van der Waals surface area contributed by atoms with E-state index >= 15 is 0 Å². The van der Waals surface area contributed by atoms with Gasteiger partial charge in [0.2, 0.25) is 0 Å². The topological polar surface area (TPSA) is 46.2 Å². The van der Waals surface area contributed by atoms with Gasteiger partial charge in [-0.2, -0.15) is 0 Å². The smallest absolute Gasteiger partial charge is 0.151 e. The minimum absolute atomic E-state index is 0.0740. The Bertz CT molecular complexity index is 187. The molecule has 0 amide bonds. The van der Waals surface area contributed by atoms with E-state index < -0.39 is 9.84 Å². The first-order valence-corrected chi connectivity index (χ1v) is 5.77. The van der Waals surface area contributed by atoms with Gasteiger partial charge in [-0.15, -0.1) is 0 Å². The van der Waals surface area contributed by atoms with Gasteiger partial charge in [-0.1, -0.05) is 13.8 Å². The number of rotatable bonds is 5. The molecule has 0 aliphatic heterocycles. The molecule has 3 nitrogen and oxygen atoms in total. The molecule has 1 atom stereocenters. The SMILES string of the molecule is CCN[C@H](C)CS(=O)(=O)CC. The number of hydrogen-bond acceptors (Lipinski definition) is 3. The van der Waals surface area contributed by atoms with Gasteiger partial charge in [0, 0.05) is 11.8 Å². The predicted octanol–water partition coefficient (Wildman–Crippen LogP) is 0.419. The molecule has 0 aliphatic rings. The van der Waals surface area contributed by atoms with Gasteiger partial charge in [-0.05, 0) is 13.5 Å². The van der Waals surface area contributed by atoms with Crippen molar-refractivity contribution in [2.75, 3.05) is 18.1 Å². The maximum Gasteiger partial charge on any atom is 0.151 e. The van der Waals surface area contributed by atoms with E-state index in [9.17, 15) is 8.42 Å². The molecule has 0 fully saturated rings. The zero-order chi connectivity index (χ0) is 8.91. The first kappa shape index (κ1) is 10.9. The molecule has 68 valence electrons. The third kappa shape index (κ3) is 5.21. The molecule has 0 unspecified atom stereocenters. The van der Waals surface area contributed by atoms with Crippen molar-refractivity contribution in [3.05, 3.63) is 0 Å². The molecule has 0 saturated carbocycles. The van der Waals surface area contributed by atoms with Crippen LogP contribution in [-0.2, 0) is 9.84 Å². The Labute approximate surface area is 69.1 Å². The van der Waals surface area contributed by atoms with E-state index in [1.165, 1.54) is 0 Å². The summed E-state index contributed by atoms with van der Waals surface area (Å²) in [5.74, 6) is 0.486. The highest BCUT2D eigenvalue weighted by atomic mass is 32.2. The van der Waals surface area contributed by atoms with E-state index in [1.807, 2.05) is 13.8 Å². The molecular weight excluding hydrogens is 162 g/mol. The van der Waals surface area contributed by atoms with Crippen LogP contribution in [0.2, 0.25) is 0 Å². The van der Waals surface area contributed by atoms with Crippen molar-refractivity contribution in [1.82, 2.24) is 5.32 Å². The molecular formula is C7H17NO2S. The summed E-state index contributed by atoms with van der Waals surface area (Å²) in [7, 11) is -2.80. The lowest BCUT2D eigenvalue weighted by molar-refractivity contribution is 0.567. The molecule has 0 aromatic heterocycles. The summed E-state index contributed by atoms with van der Waals surface area (Å²) < 4.78 is 22.1. The maximum atomic E-state index is 11.0. The zero-order valence-corrected chi connectivity index (χ0v) is 8.24. The Hall–Kier alpha value is -0.0900. The van der Waals surface area contributed by atoms with Gasteiger partial charge < -0.3 is 5.32 Å². The first-order chi connectivity index (χ1) is 5.02. The second kappa shape index (κ2) is 4.72. The van der Waals surface area contributed by atoms with Gasteiger partial charge >= 0.3 is 0 Å². The fraction of sp³-hybridized carbons (Fsp3) is 1.00. The van der Waals surface area contributed by atoms with Gasteiger partial charge in [-0.25, -0.2) is 8.42 Å². The van der Waals surface area contributed by atoms with E-state index in [0.29, 0.717) is 0 Å². The van der Waals surface area contributed by atoms with Crippen LogP contribution in [-0.4, -0.2) is 32.5 Å². The lowest BCUT2D eigenvalue weighted by atomic mass is 10.4. The fourth-order valence-corrected chi connectivity index (χ4v) is 2.02. The zero-order valence-electron chi connectivity index (χ0n) is 7.42. The van der Waals surface area contributed by atoms with Gasteiger partial charge in [0.25, 0.3) is 0 Å². The van der Waals surface area contributed by atoms with E-state index in [4.69, 9.17) is 0 Å². The van der Waals surface area contributed by atoms with Crippen molar-refractivity contribution in [2.24, 2.45) is 0 Å². The Morgan fingerprint density at radius 1 is 1.36 bits per heavy atom. The van der Waals surface area contributed by atoms with Crippen LogP contribution in [0, 0.1) is 0 Å². The van der Waals surface area contributed by atoms with Gasteiger partial charge in [0.1, 0.15) is 0 Å².